The van der Waals surface area contributed by atoms with Crippen LogP contribution in [0.3, 0.4) is 0 Å². The highest BCUT2D eigenvalue weighted by molar-refractivity contribution is 5.50. The van der Waals surface area contributed by atoms with E-state index in [4.69, 9.17) is 10.3 Å². The maximum absolute atomic E-state index is 11.7. The standard InChI is InChI=1S/C14H18N4O2/c1-9-2-5-14(15,6-3-9)13-17-12(20-18-13)10-8-16-7-4-11(10)19/h4,7-9H,2-3,5-6,15H2,1H3,(H,16,19). The van der Waals surface area contributed by atoms with Gasteiger partial charge in [0.1, 0.15) is 5.56 Å². The van der Waals surface area contributed by atoms with Crippen molar-refractivity contribution in [3.63, 3.8) is 0 Å². The maximum Gasteiger partial charge on any atom is 0.263 e. The Morgan fingerprint density at radius 3 is 2.90 bits per heavy atom. The van der Waals surface area contributed by atoms with Crippen molar-refractivity contribution in [3.05, 3.63) is 34.5 Å². The number of pyridine rings is 1. The zero-order valence-electron chi connectivity index (χ0n) is 11.4. The summed E-state index contributed by atoms with van der Waals surface area (Å²) < 4.78 is 5.22. The lowest BCUT2D eigenvalue weighted by Gasteiger charge is -2.33. The van der Waals surface area contributed by atoms with E-state index in [1.807, 2.05) is 0 Å². The Morgan fingerprint density at radius 2 is 2.20 bits per heavy atom. The molecule has 0 aromatic carbocycles. The Bertz CT molecular complexity index is 653. The van der Waals surface area contributed by atoms with Gasteiger partial charge < -0.3 is 15.2 Å². The Morgan fingerprint density at radius 1 is 1.45 bits per heavy atom. The lowest BCUT2D eigenvalue weighted by atomic mass is 9.77. The molecule has 0 atom stereocenters. The SMILES string of the molecule is CC1CCC(N)(c2noc(-c3c[nH]ccc3=O)n2)CC1. The number of aromatic nitrogens is 3. The number of rotatable bonds is 2. The van der Waals surface area contributed by atoms with E-state index in [1.165, 1.54) is 6.07 Å². The highest BCUT2D eigenvalue weighted by Crippen LogP contribution is 2.36. The van der Waals surface area contributed by atoms with Crippen molar-refractivity contribution >= 4 is 0 Å². The summed E-state index contributed by atoms with van der Waals surface area (Å²) in [4.78, 5) is 18.9. The lowest BCUT2D eigenvalue weighted by Crippen LogP contribution is -2.41. The first-order valence-electron chi connectivity index (χ1n) is 6.89. The molecule has 3 rings (SSSR count). The molecule has 0 saturated heterocycles. The van der Waals surface area contributed by atoms with E-state index in [0.29, 0.717) is 17.3 Å². The van der Waals surface area contributed by atoms with Crippen LogP contribution in [0.4, 0.5) is 0 Å². The Labute approximate surface area is 116 Å². The molecular formula is C14H18N4O2. The average Bonchev–Trinajstić information content (AvgIpc) is 2.93. The minimum atomic E-state index is -0.532. The van der Waals surface area contributed by atoms with E-state index < -0.39 is 5.54 Å². The average molecular weight is 274 g/mol. The van der Waals surface area contributed by atoms with Gasteiger partial charge in [-0.2, -0.15) is 4.98 Å². The summed E-state index contributed by atoms with van der Waals surface area (Å²) >= 11 is 0. The number of hydrogen-bond acceptors (Lipinski definition) is 5. The van der Waals surface area contributed by atoms with Crippen LogP contribution in [-0.4, -0.2) is 15.1 Å². The molecule has 0 radical (unpaired) electrons. The van der Waals surface area contributed by atoms with E-state index in [9.17, 15) is 4.79 Å². The highest BCUT2D eigenvalue weighted by Gasteiger charge is 2.36. The van der Waals surface area contributed by atoms with Gasteiger partial charge in [0.05, 0.1) is 5.54 Å². The first kappa shape index (κ1) is 13.1. The van der Waals surface area contributed by atoms with Crippen molar-refractivity contribution in [3.8, 4) is 11.5 Å². The largest absolute Gasteiger partial charge is 0.367 e. The molecule has 20 heavy (non-hydrogen) atoms. The second kappa shape index (κ2) is 4.86. The topological polar surface area (TPSA) is 97.8 Å². The molecule has 3 N–H and O–H groups in total. The molecule has 2 aromatic rings. The fourth-order valence-corrected chi connectivity index (χ4v) is 2.62. The second-order valence-corrected chi connectivity index (χ2v) is 5.68. The highest BCUT2D eigenvalue weighted by atomic mass is 16.5. The molecule has 0 unspecified atom stereocenters. The van der Waals surface area contributed by atoms with Crippen molar-refractivity contribution < 1.29 is 4.52 Å². The normalized spacial score (nSPS) is 26.6. The van der Waals surface area contributed by atoms with Gasteiger partial charge in [0.25, 0.3) is 5.89 Å². The first-order chi connectivity index (χ1) is 9.58. The second-order valence-electron chi connectivity index (χ2n) is 5.68. The van der Waals surface area contributed by atoms with Gasteiger partial charge in [-0.3, -0.25) is 4.79 Å². The fourth-order valence-electron chi connectivity index (χ4n) is 2.62. The summed E-state index contributed by atoms with van der Waals surface area (Å²) in [5.74, 6) is 1.42. The zero-order valence-corrected chi connectivity index (χ0v) is 11.4. The summed E-state index contributed by atoms with van der Waals surface area (Å²) in [6.07, 6.45) is 6.94. The van der Waals surface area contributed by atoms with Crippen molar-refractivity contribution in [1.29, 1.82) is 0 Å². The van der Waals surface area contributed by atoms with Crippen molar-refractivity contribution in [2.24, 2.45) is 11.7 Å². The maximum atomic E-state index is 11.7. The molecule has 1 aliphatic rings. The van der Waals surface area contributed by atoms with E-state index in [-0.39, 0.29) is 11.3 Å². The third kappa shape index (κ3) is 2.27. The van der Waals surface area contributed by atoms with Crippen LogP contribution in [0.5, 0.6) is 0 Å². The minimum absolute atomic E-state index is 0.151. The van der Waals surface area contributed by atoms with E-state index in [1.54, 1.807) is 12.4 Å². The molecular weight excluding hydrogens is 256 g/mol. The Kier molecular flexibility index (Phi) is 3.17. The Balaban J connectivity index is 1.91. The van der Waals surface area contributed by atoms with Gasteiger partial charge in [0.2, 0.25) is 0 Å². The molecule has 2 aromatic heterocycles. The minimum Gasteiger partial charge on any atom is -0.367 e. The molecule has 1 fully saturated rings. The van der Waals surface area contributed by atoms with Gasteiger partial charge >= 0.3 is 0 Å². The van der Waals surface area contributed by atoms with E-state index in [2.05, 4.69) is 22.0 Å². The van der Waals surface area contributed by atoms with Crippen LogP contribution >= 0.6 is 0 Å². The number of hydrogen-bond donors (Lipinski definition) is 2. The Hall–Kier alpha value is -1.95. The van der Waals surface area contributed by atoms with Gasteiger partial charge in [-0.25, -0.2) is 0 Å². The number of aromatic amines is 1. The van der Waals surface area contributed by atoms with Gasteiger partial charge in [-0.15, -0.1) is 0 Å². The molecule has 0 bridgehead atoms. The summed E-state index contributed by atoms with van der Waals surface area (Å²) in [6, 6.07) is 1.43. The van der Waals surface area contributed by atoms with Crippen LogP contribution in [0.25, 0.3) is 11.5 Å². The van der Waals surface area contributed by atoms with Gasteiger partial charge in [0, 0.05) is 18.5 Å². The summed E-state index contributed by atoms with van der Waals surface area (Å²) in [5.41, 5.74) is 6.09. The van der Waals surface area contributed by atoms with Gasteiger partial charge in [-0.05, 0) is 31.6 Å². The van der Waals surface area contributed by atoms with E-state index in [0.717, 1.165) is 25.7 Å². The van der Waals surface area contributed by atoms with Crippen molar-refractivity contribution in [2.45, 2.75) is 38.1 Å². The van der Waals surface area contributed by atoms with Crippen LogP contribution in [0.2, 0.25) is 0 Å². The predicted molar refractivity (Wildman–Crippen MR) is 73.9 cm³/mol. The summed E-state index contributed by atoms with van der Waals surface area (Å²) in [6.45, 7) is 2.23. The third-order valence-electron chi connectivity index (χ3n) is 4.09. The van der Waals surface area contributed by atoms with Crippen LogP contribution in [-0.2, 0) is 5.54 Å². The zero-order chi connectivity index (χ0) is 14.2. The number of nitrogens with two attached hydrogens (primary N) is 1. The van der Waals surface area contributed by atoms with Crippen molar-refractivity contribution in [2.75, 3.05) is 0 Å². The molecule has 6 heteroatoms. The molecule has 1 saturated carbocycles. The van der Waals surface area contributed by atoms with Gasteiger partial charge in [0.15, 0.2) is 11.3 Å². The molecule has 1 aliphatic carbocycles. The molecule has 106 valence electrons. The van der Waals surface area contributed by atoms with Crippen LogP contribution in [0, 0.1) is 5.92 Å². The molecule has 0 spiro atoms. The molecule has 6 nitrogen and oxygen atoms in total. The summed E-state index contributed by atoms with van der Waals surface area (Å²) in [5, 5.41) is 3.99. The quantitative estimate of drug-likeness (QED) is 0.870. The lowest BCUT2D eigenvalue weighted by molar-refractivity contribution is 0.230. The molecule has 0 aliphatic heterocycles. The van der Waals surface area contributed by atoms with Gasteiger partial charge in [-0.1, -0.05) is 12.1 Å². The fraction of sp³-hybridized carbons (Fsp3) is 0.500. The van der Waals surface area contributed by atoms with Crippen molar-refractivity contribution in [1.82, 2.24) is 15.1 Å². The number of nitrogens with zero attached hydrogens (tertiary/aromatic N) is 2. The summed E-state index contributed by atoms with van der Waals surface area (Å²) in [7, 11) is 0. The monoisotopic (exact) mass is 274 g/mol. The smallest absolute Gasteiger partial charge is 0.263 e. The molecule has 2 heterocycles. The van der Waals surface area contributed by atoms with Crippen LogP contribution < -0.4 is 11.2 Å². The first-order valence-corrected chi connectivity index (χ1v) is 6.89. The number of H-pyrrole nitrogens is 1. The van der Waals surface area contributed by atoms with Crippen LogP contribution in [0.15, 0.2) is 27.8 Å². The predicted octanol–water partition coefficient (Wildman–Crippen LogP) is 1.79. The van der Waals surface area contributed by atoms with E-state index >= 15 is 0 Å². The molecule has 0 amide bonds. The third-order valence-corrected chi connectivity index (χ3v) is 4.09. The van der Waals surface area contributed by atoms with Crippen LogP contribution in [0.1, 0.15) is 38.4 Å². The number of nitrogens with one attached hydrogen (secondary N) is 1.